The van der Waals surface area contributed by atoms with Gasteiger partial charge in [-0.15, -0.1) is 0 Å². The SMILES string of the molecule is [O]C1CCNN1. The van der Waals surface area contributed by atoms with E-state index >= 15 is 0 Å². The Kier molecular flexibility index (Phi) is 1.05. The fraction of sp³-hybridized carbons (Fsp3) is 1.00. The Balaban J connectivity index is 2.18. The minimum atomic E-state index is -0.565. The Morgan fingerprint density at radius 2 is 2.50 bits per heavy atom. The summed E-state index contributed by atoms with van der Waals surface area (Å²) in [7, 11) is 0. The van der Waals surface area contributed by atoms with Crippen LogP contribution in [0.25, 0.3) is 0 Å². The molecule has 2 N–H and O–H groups in total. The maximum Gasteiger partial charge on any atom is 0.157 e. The van der Waals surface area contributed by atoms with Crippen LogP contribution in [-0.4, -0.2) is 12.8 Å². The molecule has 0 aliphatic carbocycles. The van der Waals surface area contributed by atoms with Gasteiger partial charge in [0.15, 0.2) is 6.23 Å². The summed E-state index contributed by atoms with van der Waals surface area (Å²) >= 11 is 0. The zero-order valence-corrected chi connectivity index (χ0v) is 3.40. The topological polar surface area (TPSA) is 44.0 Å². The number of hydrogen-bond donors (Lipinski definition) is 2. The molecular formula is C3H7N2O. The molecular weight excluding hydrogens is 80.0 g/mol. The second-order valence-electron chi connectivity index (χ2n) is 1.35. The van der Waals surface area contributed by atoms with E-state index in [1.165, 1.54) is 0 Å². The molecule has 1 fully saturated rings. The van der Waals surface area contributed by atoms with Gasteiger partial charge in [0.25, 0.3) is 0 Å². The summed E-state index contributed by atoms with van der Waals surface area (Å²) in [4.78, 5) is 0. The molecule has 1 atom stereocenters. The van der Waals surface area contributed by atoms with Crippen molar-refractivity contribution < 1.29 is 5.11 Å². The van der Waals surface area contributed by atoms with Gasteiger partial charge in [-0.1, -0.05) is 0 Å². The first-order chi connectivity index (χ1) is 2.89. The molecule has 3 nitrogen and oxygen atoms in total. The van der Waals surface area contributed by atoms with Crippen molar-refractivity contribution in [2.45, 2.75) is 12.6 Å². The minimum Gasteiger partial charge on any atom is -0.255 e. The summed E-state index contributed by atoms with van der Waals surface area (Å²) in [6, 6.07) is 0. The van der Waals surface area contributed by atoms with Gasteiger partial charge >= 0.3 is 0 Å². The van der Waals surface area contributed by atoms with Crippen LogP contribution < -0.4 is 10.9 Å². The first-order valence-electron chi connectivity index (χ1n) is 2.04. The third kappa shape index (κ3) is 0.680. The molecule has 0 spiro atoms. The lowest BCUT2D eigenvalue weighted by Gasteiger charge is -1.90. The highest BCUT2D eigenvalue weighted by Gasteiger charge is 2.08. The summed E-state index contributed by atoms with van der Waals surface area (Å²) < 4.78 is 0. The van der Waals surface area contributed by atoms with Gasteiger partial charge in [0.05, 0.1) is 0 Å². The predicted octanol–water partition coefficient (Wildman–Crippen LogP) is -0.759. The third-order valence-corrected chi connectivity index (χ3v) is 0.795. The molecule has 0 saturated carbocycles. The van der Waals surface area contributed by atoms with Crippen molar-refractivity contribution in [1.82, 2.24) is 10.9 Å². The monoisotopic (exact) mass is 87.1 g/mol. The molecule has 1 radical (unpaired) electrons. The van der Waals surface area contributed by atoms with Crippen LogP contribution in [0.3, 0.4) is 0 Å². The summed E-state index contributed by atoms with van der Waals surface area (Å²) in [5.41, 5.74) is 5.22. The molecule has 1 rings (SSSR count). The van der Waals surface area contributed by atoms with E-state index in [9.17, 15) is 5.11 Å². The lowest BCUT2D eigenvalue weighted by Crippen LogP contribution is -2.28. The summed E-state index contributed by atoms with van der Waals surface area (Å²) in [6.07, 6.45) is 0.144. The van der Waals surface area contributed by atoms with Crippen LogP contribution in [-0.2, 0) is 5.11 Å². The van der Waals surface area contributed by atoms with Crippen molar-refractivity contribution in [2.75, 3.05) is 6.54 Å². The van der Waals surface area contributed by atoms with Gasteiger partial charge in [0.2, 0.25) is 0 Å². The van der Waals surface area contributed by atoms with E-state index in [4.69, 9.17) is 0 Å². The van der Waals surface area contributed by atoms with Gasteiger partial charge in [-0.25, -0.2) is 10.5 Å². The third-order valence-electron chi connectivity index (χ3n) is 0.795. The van der Waals surface area contributed by atoms with Crippen LogP contribution in [0.15, 0.2) is 0 Å². The van der Waals surface area contributed by atoms with Gasteiger partial charge in [-0.05, 0) is 0 Å². The number of hydrazine groups is 1. The highest BCUT2D eigenvalue weighted by atomic mass is 16.3. The molecule has 1 aliphatic heterocycles. The van der Waals surface area contributed by atoms with Gasteiger partial charge in [-0.2, -0.15) is 0 Å². The number of hydrogen-bond acceptors (Lipinski definition) is 2. The van der Waals surface area contributed by atoms with Crippen LogP contribution >= 0.6 is 0 Å². The van der Waals surface area contributed by atoms with Crippen LogP contribution in [0, 0.1) is 0 Å². The lowest BCUT2D eigenvalue weighted by molar-refractivity contribution is 0.0719. The van der Waals surface area contributed by atoms with E-state index < -0.39 is 6.23 Å². The summed E-state index contributed by atoms with van der Waals surface area (Å²) in [6.45, 7) is 0.814. The predicted molar refractivity (Wildman–Crippen MR) is 20.2 cm³/mol. The summed E-state index contributed by atoms with van der Waals surface area (Å²) in [5, 5.41) is 10.2. The fourth-order valence-electron chi connectivity index (χ4n) is 0.461. The van der Waals surface area contributed by atoms with Crippen molar-refractivity contribution in [3.05, 3.63) is 0 Å². The highest BCUT2D eigenvalue weighted by molar-refractivity contribution is 4.57. The zero-order chi connectivity index (χ0) is 4.41. The van der Waals surface area contributed by atoms with E-state index in [-0.39, 0.29) is 0 Å². The average Bonchev–Trinajstić information content (AvgIpc) is 1.86. The van der Waals surface area contributed by atoms with Crippen LogP contribution in [0.4, 0.5) is 0 Å². The second kappa shape index (κ2) is 1.55. The molecule has 1 unspecified atom stereocenters. The van der Waals surface area contributed by atoms with Gasteiger partial charge in [-0.3, -0.25) is 5.43 Å². The van der Waals surface area contributed by atoms with Crippen molar-refractivity contribution in [3.8, 4) is 0 Å². The van der Waals surface area contributed by atoms with Crippen molar-refractivity contribution >= 4 is 0 Å². The highest BCUT2D eigenvalue weighted by Crippen LogP contribution is 1.88. The van der Waals surface area contributed by atoms with Gasteiger partial charge in [0.1, 0.15) is 0 Å². The molecule has 0 bridgehead atoms. The maximum atomic E-state index is 10.2. The first kappa shape index (κ1) is 4.05. The van der Waals surface area contributed by atoms with Gasteiger partial charge < -0.3 is 0 Å². The van der Waals surface area contributed by atoms with Crippen molar-refractivity contribution in [2.24, 2.45) is 0 Å². The molecule has 1 aliphatic rings. The molecule has 1 saturated heterocycles. The number of nitrogens with one attached hydrogen (secondary N) is 2. The lowest BCUT2D eigenvalue weighted by atomic mass is 10.4. The minimum absolute atomic E-state index is 0.565. The Bertz CT molecular complexity index is 42.1. The molecule has 0 aromatic rings. The zero-order valence-electron chi connectivity index (χ0n) is 3.40. The van der Waals surface area contributed by atoms with Crippen LogP contribution in [0.1, 0.15) is 6.42 Å². The average molecular weight is 87.1 g/mol. The second-order valence-corrected chi connectivity index (χ2v) is 1.35. The van der Waals surface area contributed by atoms with Crippen LogP contribution in [0.5, 0.6) is 0 Å². The molecule has 0 aromatic carbocycles. The smallest absolute Gasteiger partial charge is 0.157 e. The molecule has 35 valence electrons. The molecule has 6 heavy (non-hydrogen) atoms. The fourth-order valence-corrected chi connectivity index (χ4v) is 0.461. The Morgan fingerprint density at radius 3 is 2.67 bits per heavy atom. The standard InChI is InChI=1S/C3H7N2O/c6-3-1-2-4-5-3/h3-5H,1-2H2. The number of rotatable bonds is 0. The Labute approximate surface area is 36.3 Å². The molecule has 3 heteroatoms. The summed E-state index contributed by atoms with van der Waals surface area (Å²) in [5.74, 6) is 0. The van der Waals surface area contributed by atoms with Crippen molar-refractivity contribution in [1.29, 1.82) is 0 Å². The van der Waals surface area contributed by atoms with Crippen LogP contribution in [0.2, 0.25) is 0 Å². The molecule has 0 aromatic heterocycles. The Hall–Kier alpha value is -0.120. The Morgan fingerprint density at radius 1 is 1.67 bits per heavy atom. The van der Waals surface area contributed by atoms with Gasteiger partial charge in [0, 0.05) is 13.0 Å². The quantitative estimate of drug-likeness (QED) is 0.408. The maximum absolute atomic E-state index is 10.2. The van der Waals surface area contributed by atoms with Crippen molar-refractivity contribution in [3.63, 3.8) is 0 Å². The van der Waals surface area contributed by atoms with E-state index in [2.05, 4.69) is 10.9 Å². The molecule has 0 amide bonds. The van der Waals surface area contributed by atoms with E-state index in [1.54, 1.807) is 0 Å². The largest absolute Gasteiger partial charge is 0.255 e. The van der Waals surface area contributed by atoms with E-state index in [0.29, 0.717) is 6.42 Å². The first-order valence-corrected chi connectivity index (χ1v) is 2.04. The molecule has 1 heterocycles. The van der Waals surface area contributed by atoms with E-state index in [0.717, 1.165) is 6.54 Å². The normalized spacial score (nSPS) is 34.5. The van der Waals surface area contributed by atoms with E-state index in [1.807, 2.05) is 0 Å².